The van der Waals surface area contributed by atoms with Crippen molar-refractivity contribution in [3.05, 3.63) is 46.8 Å². The maximum Gasteiger partial charge on any atom is 0.387 e. The van der Waals surface area contributed by atoms with Crippen LogP contribution in [-0.2, 0) is 0 Å². The van der Waals surface area contributed by atoms with Crippen LogP contribution >= 0.6 is 0 Å². The van der Waals surface area contributed by atoms with Crippen LogP contribution in [0.2, 0.25) is 0 Å². The van der Waals surface area contributed by atoms with Crippen LogP contribution < -0.4 is 9.47 Å². The molecule has 7 heteroatoms. The van der Waals surface area contributed by atoms with Gasteiger partial charge in [0, 0.05) is 16.8 Å². The molecular formula is C16H16F2N2O3. The lowest BCUT2D eigenvalue weighted by Crippen LogP contribution is -2.04. The lowest BCUT2D eigenvalue weighted by atomic mass is 10.1. The Kier molecular flexibility index (Phi) is 5.10. The molecule has 5 nitrogen and oxygen atoms in total. The van der Waals surface area contributed by atoms with E-state index in [1.165, 1.54) is 31.4 Å². The van der Waals surface area contributed by atoms with Gasteiger partial charge in [-0.2, -0.15) is 13.9 Å². The van der Waals surface area contributed by atoms with Crippen molar-refractivity contribution in [2.45, 2.75) is 20.5 Å². The Morgan fingerprint density at radius 2 is 2.04 bits per heavy atom. The van der Waals surface area contributed by atoms with E-state index in [1.54, 1.807) is 6.08 Å². The third-order valence-electron chi connectivity index (χ3n) is 3.25. The monoisotopic (exact) mass is 322 g/mol. The van der Waals surface area contributed by atoms with E-state index in [4.69, 9.17) is 4.74 Å². The Morgan fingerprint density at radius 3 is 2.61 bits per heavy atom. The van der Waals surface area contributed by atoms with Crippen molar-refractivity contribution in [2.24, 2.45) is 0 Å². The highest BCUT2D eigenvalue weighted by Crippen LogP contribution is 2.29. The van der Waals surface area contributed by atoms with Crippen LogP contribution in [0.15, 0.2) is 24.3 Å². The number of allylic oxidation sites excluding steroid dienone is 1. The van der Waals surface area contributed by atoms with Crippen molar-refractivity contribution < 1.29 is 23.0 Å². The molecular weight excluding hydrogens is 306 g/mol. The zero-order chi connectivity index (χ0) is 17.0. The van der Waals surface area contributed by atoms with E-state index < -0.39 is 6.61 Å². The van der Waals surface area contributed by atoms with Crippen LogP contribution in [0.1, 0.15) is 27.3 Å². The number of halogens is 2. The minimum absolute atomic E-state index is 0.0697. The number of carbonyl (C=O) groups excluding carboxylic acids is 1. The van der Waals surface area contributed by atoms with E-state index in [0.717, 1.165) is 17.0 Å². The normalized spacial score (nSPS) is 11.2. The van der Waals surface area contributed by atoms with Crippen molar-refractivity contribution in [1.29, 1.82) is 0 Å². The maximum absolute atomic E-state index is 12.3. The Morgan fingerprint density at radius 1 is 1.30 bits per heavy atom. The molecule has 2 aromatic rings. The number of hydrogen-bond acceptors (Lipinski definition) is 4. The van der Waals surface area contributed by atoms with Crippen LogP contribution in [0.3, 0.4) is 0 Å². The summed E-state index contributed by atoms with van der Waals surface area (Å²) in [6.07, 6.45) is 3.06. The molecule has 0 unspecified atom stereocenters. The van der Waals surface area contributed by atoms with Crippen LogP contribution in [-0.4, -0.2) is 29.7 Å². The molecule has 0 saturated carbocycles. The number of aromatic amines is 1. The second-order valence-corrected chi connectivity index (χ2v) is 4.79. The SMILES string of the molecule is COc1cc(C(=O)C=Cc2c(C)n[nH]c2C)ccc1OC(F)F. The highest BCUT2D eigenvalue weighted by atomic mass is 19.3. The van der Waals surface area contributed by atoms with E-state index in [0.29, 0.717) is 5.56 Å². The highest BCUT2D eigenvalue weighted by molar-refractivity contribution is 6.07. The number of benzene rings is 1. The third kappa shape index (κ3) is 3.94. The summed E-state index contributed by atoms with van der Waals surface area (Å²) in [5.41, 5.74) is 2.77. The fraction of sp³-hybridized carbons (Fsp3) is 0.250. The van der Waals surface area contributed by atoms with Crippen LogP contribution in [0, 0.1) is 13.8 Å². The quantitative estimate of drug-likeness (QED) is 0.653. The zero-order valence-electron chi connectivity index (χ0n) is 12.9. The lowest BCUT2D eigenvalue weighted by Gasteiger charge is -2.10. The molecule has 0 saturated heterocycles. The Bertz CT molecular complexity index is 719. The summed E-state index contributed by atoms with van der Waals surface area (Å²) >= 11 is 0. The van der Waals surface area contributed by atoms with Gasteiger partial charge in [-0.1, -0.05) is 0 Å². The first-order valence-electron chi connectivity index (χ1n) is 6.79. The van der Waals surface area contributed by atoms with Gasteiger partial charge in [-0.3, -0.25) is 9.89 Å². The molecule has 122 valence electrons. The first-order chi connectivity index (χ1) is 10.9. The van der Waals surface area contributed by atoms with E-state index in [1.807, 2.05) is 13.8 Å². The summed E-state index contributed by atoms with van der Waals surface area (Å²) in [5.74, 6) is -0.336. The first-order valence-corrected chi connectivity index (χ1v) is 6.79. The zero-order valence-corrected chi connectivity index (χ0v) is 12.9. The summed E-state index contributed by atoms with van der Waals surface area (Å²) in [6.45, 7) is 0.717. The number of ketones is 1. The molecule has 0 radical (unpaired) electrons. The Labute approximate surface area is 131 Å². The predicted octanol–water partition coefficient (Wildman–Crippen LogP) is 3.53. The molecule has 0 amide bonds. The number of alkyl halides is 2. The van der Waals surface area contributed by atoms with Crippen molar-refractivity contribution in [1.82, 2.24) is 10.2 Å². The molecule has 0 spiro atoms. The summed E-state index contributed by atoms with van der Waals surface area (Å²) in [5, 5.41) is 6.86. The average molecular weight is 322 g/mol. The van der Waals surface area contributed by atoms with Gasteiger partial charge < -0.3 is 9.47 Å². The molecule has 0 bridgehead atoms. The molecule has 0 aliphatic rings. The average Bonchev–Trinajstić information content (AvgIpc) is 2.83. The van der Waals surface area contributed by atoms with Gasteiger partial charge in [0.15, 0.2) is 17.3 Å². The molecule has 0 atom stereocenters. The Balaban J connectivity index is 2.23. The van der Waals surface area contributed by atoms with Crippen LogP contribution in [0.25, 0.3) is 6.08 Å². The highest BCUT2D eigenvalue weighted by Gasteiger charge is 2.13. The second-order valence-electron chi connectivity index (χ2n) is 4.79. The number of ether oxygens (including phenoxy) is 2. The largest absolute Gasteiger partial charge is 0.493 e. The number of methoxy groups -OCH3 is 1. The molecule has 1 aromatic heterocycles. The lowest BCUT2D eigenvalue weighted by molar-refractivity contribution is -0.0512. The molecule has 1 N–H and O–H groups in total. The molecule has 0 fully saturated rings. The number of nitrogens with one attached hydrogen (secondary N) is 1. The third-order valence-corrected chi connectivity index (χ3v) is 3.25. The van der Waals surface area contributed by atoms with Crippen LogP contribution in [0.5, 0.6) is 11.5 Å². The maximum atomic E-state index is 12.3. The second kappa shape index (κ2) is 7.04. The minimum atomic E-state index is -2.96. The van der Waals surface area contributed by atoms with Crippen molar-refractivity contribution in [3.63, 3.8) is 0 Å². The van der Waals surface area contributed by atoms with Gasteiger partial charge >= 0.3 is 6.61 Å². The number of aromatic nitrogens is 2. The number of nitrogens with zero attached hydrogens (tertiary/aromatic N) is 1. The summed E-state index contributed by atoms with van der Waals surface area (Å²) in [4.78, 5) is 12.2. The smallest absolute Gasteiger partial charge is 0.387 e. The summed E-state index contributed by atoms with van der Waals surface area (Å²) < 4.78 is 33.9. The van der Waals surface area contributed by atoms with Gasteiger partial charge in [0.1, 0.15) is 0 Å². The topological polar surface area (TPSA) is 64.2 Å². The fourth-order valence-electron chi connectivity index (χ4n) is 2.07. The molecule has 1 heterocycles. The summed E-state index contributed by atoms with van der Waals surface area (Å²) in [7, 11) is 1.32. The van der Waals surface area contributed by atoms with Gasteiger partial charge in [0.25, 0.3) is 0 Å². The number of hydrogen-bond donors (Lipinski definition) is 1. The number of rotatable bonds is 6. The number of aryl methyl sites for hydroxylation is 2. The molecule has 2 rings (SSSR count). The summed E-state index contributed by atoms with van der Waals surface area (Å²) in [6, 6.07) is 4.04. The van der Waals surface area contributed by atoms with E-state index in [9.17, 15) is 13.6 Å². The molecule has 0 aliphatic heterocycles. The van der Waals surface area contributed by atoms with E-state index >= 15 is 0 Å². The standard InChI is InChI=1S/C16H16F2N2O3/c1-9-12(10(2)20-19-9)5-6-13(21)11-4-7-14(23-16(17)18)15(8-11)22-3/h4-8,16H,1-3H3,(H,19,20). The van der Waals surface area contributed by atoms with Crippen molar-refractivity contribution >= 4 is 11.9 Å². The molecule has 0 aliphatic carbocycles. The van der Waals surface area contributed by atoms with Crippen molar-refractivity contribution in [2.75, 3.05) is 7.11 Å². The fourth-order valence-corrected chi connectivity index (χ4v) is 2.07. The van der Waals surface area contributed by atoms with Gasteiger partial charge in [-0.15, -0.1) is 0 Å². The van der Waals surface area contributed by atoms with Crippen LogP contribution in [0.4, 0.5) is 8.78 Å². The molecule has 1 aromatic carbocycles. The van der Waals surface area contributed by atoms with Gasteiger partial charge in [-0.05, 0) is 44.2 Å². The van der Waals surface area contributed by atoms with Crippen molar-refractivity contribution in [3.8, 4) is 11.5 Å². The first kappa shape index (κ1) is 16.7. The number of carbonyl (C=O) groups is 1. The molecule has 23 heavy (non-hydrogen) atoms. The predicted molar refractivity (Wildman–Crippen MR) is 81.1 cm³/mol. The van der Waals surface area contributed by atoms with Gasteiger partial charge in [0.2, 0.25) is 0 Å². The Hall–Kier alpha value is -2.70. The number of H-pyrrole nitrogens is 1. The van der Waals surface area contributed by atoms with Gasteiger partial charge in [0.05, 0.1) is 12.8 Å². The van der Waals surface area contributed by atoms with E-state index in [-0.39, 0.29) is 17.3 Å². The van der Waals surface area contributed by atoms with E-state index in [2.05, 4.69) is 14.9 Å². The minimum Gasteiger partial charge on any atom is -0.493 e. The van der Waals surface area contributed by atoms with Gasteiger partial charge in [-0.25, -0.2) is 0 Å².